The summed E-state index contributed by atoms with van der Waals surface area (Å²) < 4.78 is 0.698. The molecule has 1 rings (SSSR count). The van der Waals surface area contributed by atoms with Crippen LogP contribution in [0.2, 0.25) is 0 Å². The summed E-state index contributed by atoms with van der Waals surface area (Å²) in [6, 6.07) is 4.60. The molecule has 1 aromatic carbocycles. The van der Waals surface area contributed by atoms with Gasteiger partial charge in [0.1, 0.15) is 0 Å². The number of benzene rings is 1. The van der Waals surface area contributed by atoms with Gasteiger partial charge in [0.15, 0.2) is 0 Å². The summed E-state index contributed by atoms with van der Waals surface area (Å²) in [5.41, 5.74) is 0.996. The van der Waals surface area contributed by atoms with Crippen LogP contribution in [0, 0.1) is 10.1 Å². The van der Waals surface area contributed by atoms with E-state index in [0.29, 0.717) is 17.5 Å². The number of hydrogen-bond acceptors (Lipinski definition) is 4. The standard InChI is InChI=1S/C8H9BrN2O3/c9-8-5-7(11(12)13)2-1-6(8)3-4-14-10/h1-2,5H,3-4,10H2. The lowest BCUT2D eigenvalue weighted by Crippen LogP contribution is -2.04. The zero-order valence-corrected chi connectivity index (χ0v) is 8.86. The normalized spacial score (nSPS) is 10.1. The van der Waals surface area contributed by atoms with Crippen LogP contribution in [0.5, 0.6) is 0 Å². The van der Waals surface area contributed by atoms with E-state index >= 15 is 0 Å². The van der Waals surface area contributed by atoms with Gasteiger partial charge in [0, 0.05) is 16.6 Å². The van der Waals surface area contributed by atoms with E-state index < -0.39 is 4.92 Å². The van der Waals surface area contributed by atoms with Crippen molar-refractivity contribution in [1.29, 1.82) is 0 Å². The van der Waals surface area contributed by atoms with Gasteiger partial charge in [-0.2, -0.15) is 0 Å². The molecular weight excluding hydrogens is 252 g/mol. The van der Waals surface area contributed by atoms with Crippen LogP contribution in [0.1, 0.15) is 5.56 Å². The first-order valence-corrected chi connectivity index (χ1v) is 4.69. The number of non-ortho nitro benzene ring substituents is 1. The van der Waals surface area contributed by atoms with Crippen LogP contribution in [-0.2, 0) is 11.3 Å². The number of hydrogen-bond donors (Lipinski definition) is 1. The number of halogens is 1. The van der Waals surface area contributed by atoms with Gasteiger partial charge in [-0.3, -0.25) is 10.1 Å². The van der Waals surface area contributed by atoms with Crippen LogP contribution in [0.4, 0.5) is 5.69 Å². The molecule has 0 atom stereocenters. The molecule has 0 aromatic heterocycles. The molecule has 0 heterocycles. The Kier molecular flexibility index (Phi) is 3.99. The zero-order chi connectivity index (χ0) is 10.6. The predicted molar refractivity (Wildman–Crippen MR) is 54.6 cm³/mol. The second-order valence-corrected chi connectivity index (χ2v) is 3.51. The highest BCUT2D eigenvalue weighted by molar-refractivity contribution is 9.10. The molecule has 5 nitrogen and oxygen atoms in total. The second kappa shape index (κ2) is 5.04. The molecular formula is C8H9BrN2O3. The fraction of sp³-hybridized carbons (Fsp3) is 0.250. The highest BCUT2D eigenvalue weighted by Crippen LogP contribution is 2.23. The van der Waals surface area contributed by atoms with Gasteiger partial charge in [-0.1, -0.05) is 22.0 Å². The number of rotatable bonds is 4. The van der Waals surface area contributed by atoms with Crippen molar-refractivity contribution in [3.63, 3.8) is 0 Å². The fourth-order valence-electron chi connectivity index (χ4n) is 1.02. The van der Waals surface area contributed by atoms with Crippen molar-refractivity contribution in [2.24, 2.45) is 5.90 Å². The summed E-state index contributed by atoms with van der Waals surface area (Å²) in [6.45, 7) is 0.385. The Morgan fingerprint density at radius 3 is 2.79 bits per heavy atom. The predicted octanol–water partition coefficient (Wildman–Crippen LogP) is 1.79. The van der Waals surface area contributed by atoms with Crippen LogP contribution >= 0.6 is 15.9 Å². The topological polar surface area (TPSA) is 78.4 Å². The molecule has 76 valence electrons. The van der Waals surface area contributed by atoms with Crippen LogP contribution in [0.3, 0.4) is 0 Å². The molecule has 2 N–H and O–H groups in total. The molecule has 0 aliphatic rings. The van der Waals surface area contributed by atoms with Gasteiger partial charge in [-0.15, -0.1) is 0 Å². The maximum Gasteiger partial charge on any atom is 0.270 e. The first-order chi connectivity index (χ1) is 6.65. The van der Waals surface area contributed by atoms with E-state index in [4.69, 9.17) is 5.90 Å². The van der Waals surface area contributed by atoms with E-state index in [1.807, 2.05) is 0 Å². The second-order valence-electron chi connectivity index (χ2n) is 2.65. The average molecular weight is 261 g/mol. The first kappa shape index (κ1) is 11.1. The molecule has 14 heavy (non-hydrogen) atoms. The third kappa shape index (κ3) is 2.76. The van der Waals surface area contributed by atoms with Crippen molar-refractivity contribution in [3.05, 3.63) is 38.3 Å². The maximum absolute atomic E-state index is 10.4. The number of nitro groups is 1. The SMILES string of the molecule is NOCCc1ccc([N+](=O)[O-])cc1Br. The van der Waals surface area contributed by atoms with Crippen molar-refractivity contribution in [1.82, 2.24) is 0 Å². The summed E-state index contributed by atoms with van der Waals surface area (Å²) in [7, 11) is 0. The molecule has 0 radical (unpaired) electrons. The third-order valence-corrected chi connectivity index (χ3v) is 2.47. The highest BCUT2D eigenvalue weighted by atomic mass is 79.9. The van der Waals surface area contributed by atoms with Crippen LogP contribution in [0.15, 0.2) is 22.7 Å². The Hall–Kier alpha value is -0.980. The monoisotopic (exact) mass is 260 g/mol. The van der Waals surface area contributed by atoms with E-state index in [1.54, 1.807) is 6.07 Å². The minimum absolute atomic E-state index is 0.0642. The molecule has 0 fully saturated rings. The summed E-state index contributed by atoms with van der Waals surface area (Å²) in [4.78, 5) is 14.4. The van der Waals surface area contributed by atoms with E-state index in [0.717, 1.165) is 5.56 Å². The Bertz CT molecular complexity index is 343. The van der Waals surface area contributed by atoms with E-state index in [1.165, 1.54) is 12.1 Å². The molecule has 6 heteroatoms. The highest BCUT2D eigenvalue weighted by Gasteiger charge is 2.08. The molecule has 0 spiro atoms. The lowest BCUT2D eigenvalue weighted by atomic mass is 10.1. The largest absolute Gasteiger partial charge is 0.304 e. The van der Waals surface area contributed by atoms with E-state index in [-0.39, 0.29) is 5.69 Å². The van der Waals surface area contributed by atoms with Crippen LogP contribution in [-0.4, -0.2) is 11.5 Å². The maximum atomic E-state index is 10.4. The molecule has 0 bridgehead atoms. The Morgan fingerprint density at radius 1 is 1.57 bits per heavy atom. The molecule has 0 unspecified atom stereocenters. The average Bonchev–Trinajstić information content (AvgIpc) is 2.15. The Labute approximate surface area is 89.1 Å². The van der Waals surface area contributed by atoms with Crippen molar-refractivity contribution >= 4 is 21.6 Å². The van der Waals surface area contributed by atoms with Gasteiger partial charge >= 0.3 is 0 Å². The summed E-state index contributed by atoms with van der Waals surface area (Å²) >= 11 is 3.24. The molecule has 0 saturated heterocycles. The molecule has 1 aromatic rings. The molecule has 0 aliphatic heterocycles. The molecule has 0 amide bonds. The smallest absolute Gasteiger partial charge is 0.270 e. The lowest BCUT2D eigenvalue weighted by Gasteiger charge is -2.02. The van der Waals surface area contributed by atoms with Gasteiger partial charge in [0.2, 0.25) is 0 Å². The molecule has 0 aliphatic carbocycles. The van der Waals surface area contributed by atoms with Crippen molar-refractivity contribution < 1.29 is 9.76 Å². The van der Waals surface area contributed by atoms with Crippen molar-refractivity contribution in [2.45, 2.75) is 6.42 Å². The number of nitrogens with two attached hydrogens (primary N) is 1. The van der Waals surface area contributed by atoms with Gasteiger partial charge in [0.25, 0.3) is 5.69 Å². The first-order valence-electron chi connectivity index (χ1n) is 3.89. The molecule has 0 saturated carbocycles. The fourth-order valence-corrected chi connectivity index (χ4v) is 1.59. The summed E-state index contributed by atoms with van der Waals surface area (Å²) in [6.07, 6.45) is 0.620. The zero-order valence-electron chi connectivity index (χ0n) is 7.27. The summed E-state index contributed by atoms with van der Waals surface area (Å²) in [5, 5.41) is 10.4. The van der Waals surface area contributed by atoms with Crippen LogP contribution in [0.25, 0.3) is 0 Å². The van der Waals surface area contributed by atoms with Crippen molar-refractivity contribution in [2.75, 3.05) is 6.61 Å². The van der Waals surface area contributed by atoms with Gasteiger partial charge in [-0.25, -0.2) is 5.90 Å². The van der Waals surface area contributed by atoms with E-state index in [2.05, 4.69) is 20.8 Å². The number of nitro benzene ring substituents is 1. The third-order valence-electron chi connectivity index (χ3n) is 1.74. The Balaban J connectivity index is 2.84. The van der Waals surface area contributed by atoms with Gasteiger partial charge in [0.05, 0.1) is 11.5 Å². The van der Waals surface area contributed by atoms with Crippen molar-refractivity contribution in [3.8, 4) is 0 Å². The van der Waals surface area contributed by atoms with Gasteiger partial charge in [-0.05, 0) is 12.0 Å². The lowest BCUT2D eigenvalue weighted by molar-refractivity contribution is -0.384. The minimum Gasteiger partial charge on any atom is -0.304 e. The minimum atomic E-state index is -0.437. The summed E-state index contributed by atoms with van der Waals surface area (Å²) in [5.74, 6) is 4.88. The quantitative estimate of drug-likeness (QED) is 0.662. The Morgan fingerprint density at radius 2 is 2.29 bits per heavy atom. The van der Waals surface area contributed by atoms with E-state index in [9.17, 15) is 10.1 Å². The van der Waals surface area contributed by atoms with Gasteiger partial charge < -0.3 is 4.84 Å². The number of nitrogens with zero attached hydrogens (tertiary/aromatic N) is 1. The van der Waals surface area contributed by atoms with Crippen LogP contribution < -0.4 is 5.90 Å².